The Morgan fingerprint density at radius 1 is 0.926 bits per heavy atom. The van der Waals surface area contributed by atoms with Gasteiger partial charge in [-0.15, -0.1) is 0 Å². The van der Waals surface area contributed by atoms with E-state index in [-0.39, 0.29) is 5.69 Å². The second-order valence-corrected chi connectivity index (χ2v) is 6.70. The standard InChI is InChI=1S/C20H16Cl2N2O3/c21-16-3-1-14(2-4-16)13-27-20-10-5-17(22)11-15(20)12-23-18-6-8-19(9-7-18)24(25)26/h1-11,23H,12-13H2. The Bertz CT molecular complexity index is 929. The first-order valence-electron chi connectivity index (χ1n) is 8.15. The SMILES string of the molecule is O=[N+]([O-])c1ccc(NCc2cc(Cl)ccc2OCc2ccc(Cl)cc2)cc1. The number of benzene rings is 3. The molecule has 0 bridgehead atoms. The Hall–Kier alpha value is -2.76. The van der Waals surface area contributed by atoms with Crippen molar-refractivity contribution < 1.29 is 9.66 Å². The van der Waals surface area contributed by atoms with Crippen LogP contribution in [0.5, 0.6) is 5.75 Å². The molecule has 0 radical (unpaired) electrons. The zero-order valence-corrected chi connectivity index (χ0v) is 15.7. The molecule has 3 aromatic carbocycles. The molecule has 7 heteroatoms. The number of nitro groups is 1. The maximum Gasteiger partial charge on any atom is 0.269 e. The third-order valence-corrected chi connectivity index (χ3v) is 4.38. The molecule has 0 saturated carbocycles. The topological polar surface area (TPSA) is 64.4 Å². The van der Waals surface area contributed by atoms with Gasteiger partial charge in [-0.25, -0.2) is 0 Å². The van der Waals surface area contributed by atoms with E-state index in [1.165, 1.54) is 12.1 Å². The van der Waals surface area contributed by atoms with Crippen molar-refractivity contribution in [3.63, 3.8) is 0 Å². The molecule has 27 heavy (non-hydrogen) atoms. The van der Waals surface area contributed by atoms with E-state index in [4.69, 9.17) is 27.9 Å². The van der Waals surface area contributed by atoms with Crippen molar-refractivity contribution >= 4 is 34.6 Å². The summed E-state index contributed by atoms with van der Waals surface area (Å²) in [4.78, 5) is 10.3. The van der Waals surface area contributed by atoms with Crippen LogP contribution in [0.2, 0.25) is 10.0 Å². The predicted molar refractivity (Wildman–Crippen MR) is 108 cm³/mol. The fourth-order valence-corrected chi connectivity index (χ4v) is 2.79. The molecule has 1 N–H and O–H groups in total. The molecule has 0 aromatic heterocycles. The second kappa shape index (κ2) is 8.75. The Morgan fingerprint density at radius 3 is 2.26 bits per heavy atom. The zero-order chi connectivity index (χ0) is 19.2. The molecule has 0 heterocycles. The van der Waals surface area contributed by atoms with E-state index in [2.05, 4.69) is 5.32 Å². The van der Waals surface area contributed by atoms with Crippen LogP contribution in [0.4, 0.5) is 11.4 Å². The van der Waals surface area contributed by atoms with Crippen LogP contribution in [0.3, 0.4) is 0 Å². The molecule has 0 amide bonds. The van der Waals surface area contributed by atoms with Crippen molar-refractivity contribution in [1.82, 2.24) is 0 Å². The van der Waals surface area contributed by atoms with E-state index in [1.54, 1.807) is 18.2 Å². The van der Waals surface area contributed by atoms with Crippen LogP contribution in [0.15, 0.2) is 66.7 Å². The molecule has 0 fully saturated rings. The molecule has 0 aliphatic rings. The summed E-state index contributed by atoms with van der Waals surface area (Å²) in [5.41, 5.74) is 2.71. The largest absolute Gasteiger partial charge is 0.489 e. The highest BCUT2D eigenvalue weighted by molar-refractivity contribution is 6.30. The second-order valence-electron chi connectivity index (χ2n) is 5.82. The Morgan fingerprint density at radius 2 is 1.59 bits per heavy atom. The van der Waals surface area contributed by atoms with E-state index >= 15 is 0 Å². The number of nitro benzene ring substituents is 1. The molecule has 5 nitrogen and oxygen atoms in total. The highest BCUT2D eigenvalue weighted by Gasteiger charge is 2.08. The zero-order valence-electron chi connectivity index (χ0n) is 14.2. The fraction of sp³-hybridized carbons (Fsp3) is 0.100. The fourth-order valence-electron chi connectivity index (χ4n) is 2.47. The average molecular weight is 403 g/mol. The van der Waals surface area contributed by atoms with Gasteiger partial charge in [0.15, 0.2) is 0 Å². The van der Waals surface area contributed by atoms with Gasteiger partial charge < -0.3 is 10.1 Å². The van der Waals surface area contributed by atoms with E-state index in [0.29, 0.717) is 28.9 Å². The maximum absolute atomic E-state index is 10.7. The smallest absolute Gasteiger partial charge is 0.269 e. The molecular formula is C20H16Cl2N2O3. The van der Waals surface area contributed by atoms with Crippen molar-refractivity contribution in [2.45, 2.75) is 13.2 Å². The quantitative estimate of drug-likeness (QED) is 0.383. The molecule has 3 aromatic rings. The number of hydrogen-bond acceptors (Lipinski definition) is 4. The number of anilines is 1. The number of hydrogen-bond donors (Lipinski definition) is 1. The van der Waals surface area contributed by atoms with Crippen molar-refractivity contribution in [2.75, 3.05) is 5.32 Å². The minimum atomic E-state index is -0.427. The van der Waals surface area contributed by atoms with Gasteiger partial charge in [0.05, 0.1) is 4.92 Å². The molecule has 3 rings (SSSR count). The van der Waals surface area contributed by atoms with Crippen LogP contribution >= 0.6 is 23.2 Å². The summed E-state index contributed by atoms with van der Waals surface area (Å²) in [6.45, 7) is 0.873. The van der Waals surface area contributed by atoms with Gasteiger partial charge in [0.25, 0.3) is 5.69 Å². The van der Waals surface area contributed by atoms with Crippen LogP contribution in [0, 0.1) is 10.1 Å². The minimum Gasteiger partial charge on any atom is -0.489 e. The molecule has 0 aliphatic carbocycles. The van der Waals surface area contributed by atoms with Gasteiger partial charge in [0.1, 0.15) is 12.4 Å². The van der Waals surface area contributed by atoms with Gasteiger partial charge in [-0.05, 0) is 48.0 Å². The number of nitrogens with one attached hydrogen (secondary N) is 1. The highest BCUT2D eigenvalue weighted by Crippen LogP contribution is 2.25. The lowest BCUT2D eigenvalue weighted by atomic mass is 10.2. The van der Waals surface area contributed by atoms with E-state index in [1.807, 2.05) is 36.4 Å². The van der Waals surface area contributed by atoms with Gasteiger partial charge >= 0.3 is 0 Å². The van der Waals surface area contributed by atoms with Crippen LogP contribution in [-0.4, -0.2) is 4.92 Å². The summed E-state index contributed by atoms with van der Waals surface area (Å²) in [5.74, 6) is 0.712. The Labute approximate surface area is 166 Å². The minimum absolute atomic E-state index is 0.0512. The average Bonchev–Trinajstić information content (AvgIpc) is 2.67. The maximum atomic E-state index is 10.7. The lowest BCUT2D eigenvalue weighted by Gasteiger charge is -2.13. The summed E-state index contributed by atoms with van der Waals surface area (Å²) in [7, 11) is 0. The van der Waals surface area contributed by atoms with Crippen LogP contribution in [0.1, 0.15) is 11.1 Å². The lowest BCUT2D eigenvalue weighted by Crippen LogP contribution is -2.04. The van der Waals surface area contributed by atoms with Gasteiger partial charge in [-0.3, -0.25) is 10.1 Å². The number of ether oxygens (including phenoxy) is 1. The van der Waals surface area contributed by atoms with Crippen molar-refractivity contribution in [3.05, 3.63) is 98.0 Å². The van der Waals surface area contributed by atoms with Crippen molar-refractivity contribution in [1.29, 1.82) is 0 Å². The Balaban J connectivity index is 1.68. The number of halogens is 2. The van der Waals surface area contributed by atoms with Crippen LogP contribution in [0.25, 0.3) is 0 Å². The summed E-state index contributed by atoms with van der Waals surface area (Å²) in [6, 6.07) is 19.1. The molecule has 0 saturated heterocycles. The molecule has 0 unspecified atom stereocenters. The van der Waals surface area contributed by atoms with E-state index < -0.39 is 4.92 Å². The normalized spacial score (nSPS) is 10.4. The lowest BCUT2D eigenvalue weighted by molar-refractivity contribution is -0.384. The Kier molecular flexibility index (Phi) is 6.16. The van der Waals surface area contributed by atoms with Crippen LogP contribution < -0.4 is 10.1 Å². The van der Waals surface area contributed by atoms with Crippen molar-refractivity contribution in [2.24, 2.45) is 0 Å². The van der Waals surface area contributed by atoms with Gasteiger partial charge in [0.2, 0.25) is 0 Å². The summed E-state index contributed by atoms with van der Waals surface area (Å²) in [5, 5.41) is 15.2. The third-order valence-electron chi connectivity index (χ3n) is 3.89. The van der Waals surface area contributed by atoms with Gasteiger partial charge in [-0.2, -0.15) is 0 Å². The molecule has 0 atom stereocenters. The third kappa shape index (κ3) is 5.36. The molecule has 0 spiro atoms. The monoisotopic (exact) mass is 402 g/mol. The number of non-ortho nitro benzene ring substituents is 1. The molecule has 0 aliphatic heterocycles. The first kappa shape index (κ1) is 19.0. The predicted octanol–water partition coefficient (Wildman–Crippen LogP) is 6.09. The van der Waals surface area contributed by atoms with E-state index in [9.17, 15) is 10.1 Å². The first-order chi connectivity index (χ1) is 13.0. The number of rotatable bonds is 7. The van der Waals surface area contributed by atoms with Gasteiger partial charge in [0, 0.05) is 40.0 Å². The van der Waals surface area contributed by atoms with E-state index in [0.717, 1.165) is 16.8 Å². The van der Waals surface area contributed by atoms with Crippen LogP contribution in [-0.2, 0) is 13.2 Å². The van der Waals surface area contributed by atoms with Gasteiger partial charge in [-0.1, -0.05) is 35.3 Å². The number of nitrogens with zero attached hydrogens (tertiary/aromatic N) is 1. The van der Waals surface area contributed by atoms with Crippen molar-refractivity contribution in [3.8, 4) is 5.75 Å². The molecule has 138 valence electrons. The first-order valence-corrected chi connectivity index (χ1v) is 8.91. The summed E-state index contributed by atoms with van der Waals surface area (Å²) in [6.07, 6.45) is 0. The summed E-state index contributed by atoms with van der Waals surface area (Å²) >= 11 is 12.0. The molecular weight excluding hydrogens is 387 g/mol. The highest BCUT2D eigenvalue weighted by atomic mass is 35.5. The summed E-state index contributed by atoms with van der Waals surface area (Å²) < 4.78 is 5.93.